The monoisotopic (exact) mass is 488 g/mol. The van der Waals surface area contributed by atoms with Gasteiger partial charge in [-0.15, -0.1) is 0 Å². The summed E-state index contributed by atoms with van der Waals surface area (Å²) in [6.07, 6.45) is 1.47. The average Bonchev–Trinajstić information content (AvgIpc) is 3.29. The summed E-state index contributed by atoms with van der Waals surface area (Å²) in [5, 5.41) is 10.5. The van der Waals surface area contributed by atoms with Crippen molar-refractivity contribution in [1.82, 2.24) is 14.5 Å². The second-order valence-corrected chi connectivity index (χ2v) is 8.56. The molecule has 10 nitrogen and oxygen atoms in total. The van der Waals surface area contributed by atoms with Crippen LogP contribution in [0.25, 0.3) is 0 Å². The number of aromatic nitrogens is 2. The van der Waals surface area contributed by atoms with E-state index >= 15 is 0 Å². The fraction of sp³-hybridized carbons (Fsp3) is 0.269. The molecule has 186 valence electrons. The Morgan fingerprint density at radius 1 is 1.14 bits per heavy atom. The molecule has 1 atom stereocenters. The molecule has 2 aromatic carbocycles. The molecule has 1 aliphatic rings. The molecule has 4 rings (SSSR count). The van der Waals surface area contributed by atoms with Crippen LogP contribution in [-0.4, -0.2) is 32.4 Å². The van der Waals surface area contributed by atoms with Gasteiger partial charge >= 0.3 is 6.09 Å². The predicted octanol–water partition coefficient (Wildman–Crippen LogP) is 2.97. The topological polar surface area (TPSA) is 143 Å². The first kappa shape index (κ1) is 24.6. The number of nitrogens with two attached hydrogens (primary N) is 1. The first-order chi connectivity index (χ1) is 17.4. The Kier molecular flexibility index (Phi) is 7.14. The van der Waals surface area contributed by atoms with Crippen LogP contribution in [0.4, 0.5) is 10.5 Å². The Morgan fingerprint density at radius 2 is 1.78 bits per heavy atom. The van der Waals surface area contributed by atoms with Gasteiger partial charge in [0.05, 0.1) is 12.7 Å². The molecule has 0 saturated heterocycles. The van der Waals surface area contributed by atoms with Crippen LogP contribution < -0.4 is 16.6 Å². The summed E-state index contributed by atoms with van der Waals surface area (Å²) in [6, 6.07) is 18.3. The van der Waals surface area contributed by atoms with Gasteiger partial charge in [-0.3, -0.25) is 29.8 Å². The maximum Gasteiger partial charge on any atom is 0.412 e. The third kappa shape index (κ3) is 4.83. The summed E-state index contributed by atoms with van der Waals surface area (Å²) in [7, 11) is 0. The van der Waals surface area contributed by atoms with Gasteiger partial charge in [0.15, 0.2) is 5.96 Å². The van der Waals surface area contributed by atoms with Crippen molar-refractivity contribution < 1.29 is 14.3 Å². The lowest BCUT2D eigenvalue weighted by Gasteiger charge is -2.34. The third-order valence-corrected chi connectivity index (χ3v) is 6.38. The maximum atomic E-state index is 13.9. The Labute approximate surface area is 208 Å². The van der Waals surface area contributed by atoms with Crippen LogP contribution in [0.2, 0.25) is 0 Å². The molecule has 36 heavy (non-hydrogen) atoms. The van der Waals surface area contributed by atoms with E-state index < -0.39 is 29.1 Å². The van der Waals surface area contributed by atoms with Crippen LogP contribution in [0.15, 0.2) is 71.7 Å². The van der Waals surface area contributed by atoms with Crippen LogP contribution in [-0.2, 0) is 34.6 Å². The van der Waals surface area contributed by atoms with Crippen LogP contribution in [0.5, 0.6) is 0 Å². The Hall–Kier alpha value is -4.47. The number of benzene rings is 2. The summed E-state index contributed by atoms with van der Waals surface area (Å²) in [5.74, 6) is -0.445. The molecule has 0 radical (unpaired) electrons. The number of rotatable bonds is 7. The van der Waals surface area contributed by atoms with Crippen LogP contribution in [0.3, 0.4) is 0 Å². The summed E-state index contributed by atoms with van der Waals surface area (Å²) in [4.78, 5) is 45.2. The highest BCUT2D eigenvalue weighted by Gasteiger charge is 2.48. The number of hydrogen-bond donors (Lipinski definition) is 3. The van der Waals surface area contributed by atoms with Gasteiger partial charge in [0.2, 0.25) is 0 Å². The molecule has 0 spiro atoms. The highest BCUT2D eigenvalue weighted by molar-refractivity contribution is 5.99. The summed E-state index contributed by atoms with van der Waals surface area (Å²) in [5.41, 5.74) is 5.47. The number of aryl methyl sites for hydroxylation is 1. The maximum absolute atomic E-state index is 13.9. The van der Waals surface area contributed by atoms with Crippen molar-refractivity contribution in [2.24, 2.45) is 5.73 Å². The average molecular weight is 489 g/mol. The fourth-order valence-electron chi connectivity index (χ4n) is 4.47. The van der Waals surface area contributed by atoms with E-state index in [9.17, 15) is 14.4 Å². The molecule has 0 fully saturated rings. The number of amides is 2. The second-order valence-electron chi connectivity index (χ2n) is 8.56. The zero-order valence-corrected chi connectivity index (χ0v) is 19.9. The minimum absolute atomic E-state index is 0.0385. The van der Waals surface area contributed by atoms with E-state index in [0.29, 0.717) is 18.7 Å². The van der Waals surface area contributed by atoms with Crippen molar-refractivity contribution in [3.63, 3.8) is 0 Å². The molecule has 2 heterocycles. The van der Waals surface area contributed by atoms with Crippen molar-refractivity contribution in [3.05, 3.63) is 94.2 Å². The lowest BCUT2D eigenvalue weighted by atomic mass is 9.91. The minimum Gasteiger partial charge on any atom is -0.444 e. The smallest absolute Gasteiger partial charge is 0.412 e. The van der Waals surface area contributed by atoms with Crippen LogP contribution in [0, 0.1) is 5.41 Å². The largest absolute Gasteiger partial charge is 0.444 e. The Balaban J connectivity index is 1.60. The van der Waals surface area contributed by atoms with E-state index in [4.69, 9.17) is 15.9 Å². The number of ether oxygens (including phenoxy) is 1. The van der Waals surface area contributed by atoms with E-state index in [1.54, 1.807) is 6.92 Å². The van der Waals surface area contributed by atoms with Gasteiger partial charge in [-0.05, 0) is 24.0 Å². The van der Waals surface area contributed by atoms with Crippen LogP contribution >= 0.6 is 0 Å². The molecule has 0 aliphatic carbocycles. The van der Waals surface area contributed by atoms with Gasteiger partial charge in [0, 0.05) is 6.42 Å². The number of fused-ring (bicyclic) bond motifs is 1. The highest BCUT2D eigenvalue weighted by Crippen LogP contribution is 2.35. The predicted molar refractivity (Wildman–Crippen MR) is 134 cm³/mol. The van der Waals surface area contributed by atoms with Gasteiger partial charge in [-0.25, -0.2) is 9.78 Å². The molecule has 1 aromatic heterocycles. The number of carbonyl (C=O) groups is 2. The van der Waals surface area contributed by atoms with E-state index in [2.05, 4.69) is 10.3 Å². The number of carbonyl (C=O) groups excluding carboxylic acids is 2. The summed E-state index contributed by atoms with van der Waals surface area (Å²) in [6.45, 7) is 1.93. The van der Waals surface area contributed by atoms with Crippen LogP contribution in [0.1, 0.15) is 36.7 Å². The van der Waals surface area contributed by atoms with Crippen molar-refractivity contribution in [3.8, 4) is 0 Å². The first-order valence-electron chi connectivity index (χ1n) is 11.6. The highest BCUT2D eigenvalue weighted by atomic mass is 16.5. The van der Waals surface area contributed by atoms with Gasteiger partial charge in [0.25, 0.3) is 11.5 Å². The molecule has 10 heteroatoms. The van der Waals surface area contributed by atoms with Gasteiger partial charge < -0.3 is 10.5 Å². The zero-order valence-electron chi connectivity index (χ0n) is 19.9. The van der Waals surface area contributed by atoms with Crippen molar-refractivity contribution >= 4 is 23.6 Å². The van der Waals surface area contributed by atoms with Gasteiger partial charge in [0.1, 0.15) is 23.7 Å². The van der Waals surface area contributed by atoms with Crippen molar-refractivity contribution in [1.29, 1.82) is 5.41 Å². The molecular weight excluding hydrogens is 460 g/mol. The molecule has 3 aromatic rings. The normalized spacial score (nSPS) is 16.1. The Morgan fingerprint density at radius 3 is 2.39 bits per heavy atom. The summed E-state index contributed by atoms with van der Waals surface area (Å²) >= 11 is 0. The quantitative estimate of drug-likeness (QED) is 0.345. The van der Waals surface area contributed by atoms with E-state index in [1.807, 2.05) is 60.7 Å². The van der Waals surface area contributed by atoms with Gasteiger partial charge in [-0.1, -0.05) is 67.6 Å². The second kappa shape index (κ2) is 10.4. The molecule has 2 amide bonds. The van der Waals surface area contributed by atoms with E-state index in [1.165, 1.54) is 15.7 Å². The number of hydrogen-bond acceptors (Lipinski definition) is 6. The third-order valence-electron chi connectivity index (χ3n) is 6.38. The standard InChI is InChI=1S/C26H28N6O4/c1-2-26(23(34)31(24(27)28)16-18-9-5-3-6-10-18)14-13-21-29-15-20(22(33)32(21)26)30-25(35)36-17-19-11-7-4-8-12-19/h3-12,15H,2,13-14,16-17H2,1H3,(H3,27,28)(H,30,35). The molecular formula is C26H28N6O4. The number of anilines is 1. The zero-order chi connectivity index (χ0) is 25.7. The molecule has 0 saturated carbocycles. The molecule has 1 unspecified atom stereocenters. The molecule has 1 aliphatic heterocycles. The summed E-state index contributed by atoms with van der Waals surface area (Å²) < 4.78 is 6.56. The first-order valence-corrected chi connectivity index (χ1v) is 11.6. The number of guanidine groups is 1. The van der Waals surface area contributed by atoms with Crippen molar-refractivity contribution in [2.45, 2.75) is 44.9 Å². The number of nitrogens with one attached hydrogen (secondary N) is 2. The van der Waals surface area contributed by atoms with E-state index in [-0.39, 0.29) is 25.3 Å². The minimum atomic E-state index is -1.29. The Bertz CT molecular complexity index is 1330. The lowest BCUT2D eigenvalue weighted by Crippen LogP contribution is -2.55. The molecule has 0 bridgehead atoms. The van der Waals surface area contributed by atoms with Gasteiger partial charge in [-0.2, -0.15) is 0 Å². The van der Waals surface area contributed by atoms with E-state index in [0.717, 1.165) is 11.1 Å². The lowest BCUT2D eigenvalue weighted by molar-refractivity contribution is -0.137. The molecule has 4 N–H and O–H groups in total. The fourth-order valence-corrected chi connectivity index (χ4v) is 4.47. The number of nitrogens with zero attached hydrogens (tertiary/aromatic N) is 3. The SMILES string of the molecule is CCC1(C(=O)N(Cc2ccccc2)C(=N)N)CCc2ncc(NC(=O)OCc3ccccc3)c(=O)n21. The van der Waals surface area contributed by atoms with Crippen molar-refractivity contribution in [2.75, 3.05) is 5.32 Å².